The van der Waals surface area contributed by atoms with Crippen LogP contribution in [0.2, 0.25) is 5.02 Å². The zero-order valence-electron chi connectivity index (χ0n) is 12.7. The number of carbonyl (C=O) groups is 1. The van der Waals surface area contributed by atoms with Gasteiger partial charge < -0.3 is 15.1 Å². The van der Waals surface area contributed by atoms with Crippen LogP contribution in [0, 0.1) is 6.92 Å². The predicted octanol–water partition coefficient (Wildman–Crippen LogP) is 1.86. The molecule has 0 unspecified atom stereocenters. The van der Waals surface area contributed by atoms with Crippen molar-refractivity contribution in [3.05, 3.63) is 35.0 Å². The van der Waals surface area contributed by atoms with E-state index in [1.807, 2.05) is 25.1 Å². The van der Waals surface area contributed by atoms with Gasteiger partial charge in [0.15, 0.2) is 5.82 Å². The number of anilines is 3. The molecule has 2 aromatic rings. The number of nitrogens with one attached hydrogen (secondary N) is 1. The van der Waals surface area contributed by atoms with Gasteiger partial charge in [0, 0.05) is 36.9 Å². The molecule has 1 amide bonds. The van der Waals surface area contributed by atoms with E-state index in [1.54, 1.807) is 11.1 Å². The van der Waals surface area contributed by atoms with Gasteiger partial charge >= 0.3 is 0 Å². The Hall–Kier alpha value is -2.41. The van der Waals surface area contributed by atoms with Gasteiger partial charge in [-0.05, 0) is 24.6 Å². The van der Waals surface area contributed by atoms with E-state index in [0.29, 0.717) is 24.1 Å². The molecular weight excluding hydrogens is 316 g/mol. The van der Waals surface area contributed by atoms with Crippen LogP contribution in [0.5, 0.6) is 0 Å². The van der Waals surface area contributed by atoms with Crippen molar-refractivity contribution < 1.29 is 4.79 Å². The molecule has 8 heteroatoms. The Labute approximate surface area is 139 Å². The van der Waals surface area contributed by atoms with Crippen molar-refractivity contribution in [1.82, 2.24) is 20.1 Å². The van der Waals surface area contributed by atoms with Crippen molar-refractivity contribution in [3.63, 3.8) is 0 Å². The van der Waals surface area contributed by atoms with Crippen LogP contribution in [0.1, 0.15) is 5.56 Å². The first-order valence-electron chi connectivity index (χ1n) is 7.33. The topological polar surface area (TPSA) is 74.2 Å². The number of aromatic nitrogens is 3. The van der Waals surface area contributed by atoms with Gasteiger partial charge in [0.25, 0.3) is 0 Å². The summed E-state index contributed by atoms with van der Waals surface area (Å²) < 4.78 is 0. The maximum atomic E-state index is 10.8. The number of rotatable bonds is 4. The third-order valence-electron chi connectivity index (χ3n) is 3.85. The zero-order chi connectivity index (χ0) is 16.2. The lowest BCUT2D eigenvalue weighted by Crippen LogP contribution is -2.46. The normalized spacial score (nSPS) is 14.7. The molecule has 1 aromatic carbocycles. The Bertz CT molecular complexity index is 702. The molecule has 0 spiro atoms. The minimum Gasteiger partial charge on any atom is -0.352 e. The first kappa shape index (κ1) is 15.5. The molecule has 0 radical (unpaired) electrons. The number of piperazine rings is 1. The monoisotopic (exact) mass is 332 g/mol. The van der Waals surface area contributed by atoms with E-state index >= 15 is 0 Å². The number of benzene rings is 1. The van der Waals surface area contributed by atoms with Gasteiger partial charge in [-0.3, -0.25) is 4.79 Å². The first-order valence-corrected chi connectivity index (χ1v) is 7.71. The van der Waals surface area contributed by atoms with Gasteiger partial charge in [-0.25, -0.2) is 0 Å². The van der Waals surface area contributed by atoms with E-state index in [9.17, 15) is 4.79 Å². The highest BCUT2D eigenvalue weighted by molar-refractivity contribution is 6.31. The fraction of sp³-hybridized carbons (Fsp3) is 0.333. The molecule has 1 fully saturated rings. The molecule has 1 N–H and O–H groups in total. The standard InChI is InChI=1S/C15H17ClN6O/c1-11-12(16)3-2-4-13(11)18-15-19-14(9-17-20-15)22-7-5-21(10-23)6-8-22/h2-4,9-10H,5-8H2,1H3,(H,18,19,20). The summed E-state index contributed by atoms with van der Waals surface area (Å²) in [6.45, 7) is 4.76. The average molecular weight is 333 g/mol. The Kier molecular flexibility index (Phi) is 4.57. The van der Waals surface area contributed by atoms with Gasteiger partial charge in [0.05, 0.1) is 6.20 Å². The van der Waals surface area contributed by atoms with Crippen molar-refractivity contribution in [2.75, 3.05) is 36.4 Å². The van der Waals surface area contributed by atoms with Crippen molar-refractivity contribution in [1.29, 1.82) is 0 Å². The molecule has 0 saturated carbocycles. The van der Waals surface area contributed by atoms with Crippen molar-refractivity contribution in [2.24, 2.45) is 0 Å². The quantitative estimate of drug-likeness (QED) is 0.861. The number of amides is 1. The lowest BCUT2D eigenvalue weighted by Gasteiger charge is -2.33. The molecule has 0 bridgehead atoms. The number of hydrogen-bond donors (Lipinski definition) is 1. The smallest absolute Gasteiger partial charge is 0.249 e. The first-order chi connectivity index (χ1) is 11.2. The van der Waals surface area contributed by atoms with Crippen LogP contribution in [0.15, 0.2) is 24.4 Å². The summed E-state index contributed by atoms with van der Waals surface area (Å²) in [5.41, 5.74) is 1.78. The SMILES string of the molecule is Cc1c(Cl)cccc1Nc1nncc(N2CCN(C=O)CC2)n1. The molecule has 1 saturated heterocycles. The summed E-state index contributed by atoms with van der Waals surface area (Å²) >= 11 is 6.12. The third kappa shape index (κ3) is 3.50. The molecule has 1 aliphatic heterocycles. The summed E-state index contributed by atoms with van der Waals surface area (Å²) in [4.78, 5) is 19.1. The highest BCUT2D eigenvalue weighted by Gasteiger charge is 2.17. The molecule has 7 nitrogen and oxygen atoms in total. The lowest BCUT2D eigenvalue weighted by molar-refractivity contribution is -0.118. The second-order valence-electron chi connectivity index (χ2n) is 5.30. The van der Waals surface area contributed by atoms with Gasteiger partial charge in [-0.2, -0.15) is 10.1 Å². The van der Waals surface area contributed by atoms with Gasteiger partial charge in [0.1, 0.15) is 0 Å². The Morgan fingerprint density at radius 2 is 2.04 bits per heavy atom. The number of halogens is 1. The average Bonchev–Trinajstić information content (AvgIpc) is 2.59. The van der Waals surface area contributed by atoms with Crippen LogP contribution in [0.4, 0.5) is 17.5 Å². The molecule has 0 aliphatic carbocycles. The number of hydrogen-bond acceptors (Lipinski definition) is 6. The van der Waals surface area contributed by atoms with Crippen molar-refractivity contribution in [3.8, 4) is 0 Å². The summed E-state index contributed by atoms with van der Waals surface area (Å²) in [6, 6.07) is 5.62. The van der Waals surface area contributed by atoms with E-state index in [4.69, 9.17) is 11.6 Å². The minimum absolute atomic E-state index is 0.422. The summed E-state index contributed by atoms with van der Waals surface area (Å²) in [7, 11) is 0. The number of nitrogens with zero attached hydrogens (tertiary/aromatic N) is 5. The summed E-state index contributed by atoms with van der Waals surface area (Å²) in [6.07, 6.45) is 2.51. The molecule has 2 heterocycles. The number of carbonyl (C=O) groups excluding carboxylic acids is 1. The largest absolute Gasteiger partial charge is 0.352 e. The Morgan fingerprint density at radius 3 is 2.78 bits per heavy atom. The molecule has 1 aliphatic rings. The van der Waals surface area contributed by atoms with E-state index < -0.39 is 0 Å². The molecule has 120 valence electrons. The van der Waals surface area contributed by atoms with Crippen LogP contribution in [0.25, 0.3) is 0 Å². The fourth-order valence-corrected chi connectivity index (χ4v) is 2.59. The van der Waals surface area contributed by atoms with Crippen molar-refractivity contribution in [2.45, 2.75) is 6.92 Å². The second kappa shape index (κ2) is 6.78. The van der Waals surface area contributed by atoms with E-state index in [-0.39, 0.29) is 0 Å². The van der Waals surface area contributed by atoms with Crippen LogP contribution in [-0.2, 0) is 4.79 Å². The van der Waals surface area contributed by atoms with Crippen LogP contribution in [0.3, 0.4) is 0 Å². The highest BCUT2D eigenvalue weighted by atomic mass is 35.5. The van der Waals surface area contributed by atoms with Crippen LogP contribution < -0.4 is 10.2 Å². The molecule has 0 atom stereocenters. The maximum Gasteiger partial charge on any atom is 0.249 e. The Morgan fingerprint density at radius 1 is 1.26 bits per heavy atom. The molecular formula is C15H17ClN6O. The maximum absolute atomic E-state index is 10.8. The van der Waals surface area contributed by atoms with Crippen molar-refractivity contribution >= 4 is 35.5 Å². The van der Waals surface area contributed by atoms with Crippen LogP contribution >= 0.6 is 11.6 Å². The van der Waals surface area contributed by atoms with E-state index in [1.165, 1.54) is 0 Å². The van der Waals surface area contributed by atoms with E-state index in [2.05, 4.69) is 25.4 Å². The third-order valence-corrected chi connectivity index (χ3v) is 4.26. The lowest BCUT2D eigenvalue weighted by atomic mass is 10.2. The van der Waals surface area contributed by atoms with Crippen LogP contribution in [-0.4, -0.2) is 52.7 Å². The highest BCUT2D eigenvalue weighted by Crippen LogP contribution is 2.25. The molecule has 1 aromatic heterocycles. The molecule has 3 rings (SSSR count). The molecule has 23 heavy (non-hydrogen) atoms. The summed E-state index contributed by atoms with van der Waals surface area (Å²) in [5.74, 6) is 1.17. The second-order valence-corrected chi connectivity index (χ2v) is 5.71. The van der Waals surface area contributed by atoms with Gasteiger partial charge in [-0.1, -0.05) is 17.7 Å². The van der Waals surface area contributed by atoms with Gasteiger partial charge in [0.2, 0.25) is 12.4 Å². The minimum atomic E-state index is 0.422. The Balaban J connectivity index is 1.75. The predicted molar refractivity (Wildman–Crippen MR) is 89.1 cm³/mol. The zero-order valence-corrected chi connectivity index (χ0v) is 13.5. The van der Waals surface area contributed by atoms with Gasteiger partial charge in [-0.15, -0.1) is 5.10 Å². The fourth-order valence-electron chi connectivity index (χ4n) is 2.42. The summed E-state index contributed by atoms with van der Waals surface area (Å²) in [5, 5.41) is 11.9. The van der Waals surface area contributed by atoms with E-state index in [0.717, 1.165) is 36.6 Å².